The van der Waals surface area contributed by atoms with Gasteiger partial charge in [0.2, 0.25) is 0 Å². The van der Waals surface area contributed by atoms with Gasteiger partial charge in [0.15, 0.2) is 0 Å². The summed E-state index contributed by atoms with van der Waals surface area (Å²) in [5.41, 5.74) is 14.4. The van der Waals surface area contributed by atoms with Gasteiger partial charge < -0.3 is 10.0 Å². The first-order valence-corrected chi connectivity index (χ1v) is 20.7. The number of nitrogens with zero attached hydrogens (tertiary/aromatic N) is 3. The molecule has 0 aliphatic rings. The van der Waals surface area contributed by atoms with Crippen LogP contribution in [0.1, 0.15) is 37.5 Å². The van der Waals surface area contributed by atoms with Crippen LogP contribution in [0.4, 0.5) is 17.2 Å². The molecule has 9 aromatic rings. The third-order valence-corrected chi connectivity index (χ3v) is 11.1. The van der Waals surface area contributed by atoms with Gasteiger partial charge >= 0.3 is 0 Å². The van der Waals surface area contributed by atoms with Gasteiger partial charge in [0.25, 0.3) is 0 Å². The van der Waals surface area contributed by atoms with Gasteiger partial charge in [-0.05, 0) is 110 Å². The van der Waals surface area contributed by atoms with Crippen molar-refractivity contribution in [3.05, 3.63) is 229 Å². The predicted octanol–water partition coefficient (Wildman–Crippen LogP) is 14.7. The molecular weight excluding hydrogens is 938 g/mol. The van der Waals surface area contributed by atoms with Crippen LogP contribution in [0.15, 0.2) is 206 Å². The third kappa shape index (κ3) is 9.37. The molecule has 0 aliphatic carbocycles. The summed E-state index contributed by atoms with van der Waals surface area (Å²) in [6, 6.07) is 72.7. The number of para-hydroxylation sites is 1. The fourth-order valence-corrected chi connectivity index (χ4v) is 7.75. The topological polar surface area (TPSA) is 49.3 Å². The fraction of sp³-hybridized carbons (Fsp3) is 0.0877. The summed E-state index contributed by atoms with van der Waals surface area (Å²) in [5, 5.41) is 11.6. The van der Waals surface area contributed by atoms with E-state index in [2.05, 4.69) is 159 Å². The molecule has 0 unspecified atom stereocenters. The van der Waals surface area contributed by atoms with Crippen molar-refractivity contribution in [2.45, 2.75) is 32.6 Å². The van der Waals surface area contributed by atoms with Gasteiger partial charge in [-0.1, -0.05) is 166 Å². The maximum atomic E-state index is 11.6. The Morgan fingerprint density at radius 3 is 1.71 bits per heavy atom. The Labute approximate surface area is 379 Å². The first kappa shape index (κ1) is 41.8. The number of rotatable bonds is 10. The van der Waals surface area contributed by atoms with E-state index in [-0.39, 0.29) is 32.2 Å². The van der Waals surface area contributed by atoms with Crippen LogP contribution in [0.5, 0.6) is 5.75 Å². The van der Waals surface area contributed by atoms with E-state index in [1.54, 1.807) is 0 Å². The Hall–Kier alpha value is -6.87. The molecule has 0 radical (unpaired) electrons. The fourth-order valence-electron chi connectivity index (χ4n) is 7.75. The molecule has 0 spiro atoms. The minimum absolute atomic E-state index is 0. The number of aromatic nitrogens is 2. The molecule has 5 heteroatoms. The number of phenolic OH excluding ortho intramolecular Hbond substituents is 1. The van der Waals surface area contributed by atoms with Gasteiger partial charge in [0, 0.05) is 38.5 Å². The maximum Gasteiger partial charge on any atom is 0.136 e. The van der Waals surface area contributed by atoms with Gasteiger partial charge in [0.1, 0.15) is 11.6 Å². The zero-order valence-electron chi connectivity index (χ0n) is 34.9. The number of hydrogen-bond acceptors (Lipinski definition) is 4. The zero-order chi connectivity index (χ0) is 41.8. The van der Waals surface area contributed by atoms with Crippen molar-refractivity contribution >= 4 is 17.2 Å². The Morgan fingerprint density at radius 1 is 0.516 bits per heavy atom. The van der Waals surface area contributed by atoms with E-state index in [9.17, 15) is 5.11 Å². The monoisotopic (exact) mass is 983 g/mol. The van der Waals surface area contributed by atoms with Crippen LogP contribution in [0.25, 0.3) is 55.9 Å². The zero-order valence-corrected chi connectivity index (χ0v) is 37.2. The van der Waals surface area contributed by atoms with Gasteiger partial charge in [-0.25, -0.2) is 4.98 Å². The van der Waals surface area contributed by atoms with Gasteiger partial charge in [-0.15, -0.1) is 29.3 Å². The van der Waals surface area contributed by atoms with E-state index < -0.39 is 0 Å². The largest absolute Gasteiger partial charge is 0.507 e. The second kappa shape index (κ2) is 18.4. The van der Waals surface area contributed by atoms with Crippen molar-refractivity contribution in [1.82, 2.24) is 9.97 Å². The third-order valence-electron chi connectivity index (χ3n) is 11.1. The quantitative estimate of drug-likeness (QED) is 0.139. The van der Waals surface area contributed by atoms with Crippen LogP contribution in [0.2, 0.25) is 0 Å². The summed E-state index contributed by atoms with van der Waals surface area (Å²) in [5.74, 6) is 0.950. The van der Waals surface area contributed by atoms with Crippen LogP contribution in [0.3, 0.4) is 0 Å². The molecule has 9 rings (SSSR count). The average Bonchev–Trinajstić information content (AvgIpc) is 3.30. The molecule has 4 nitrogen and oxygen atoms in total. The van der Waals surface area contributed by atoms with Crippen molar-refractivity contribution in [3.63, 3.8) is 0 Å². The standard InChI is InChI=1S/C57H46N3O.Pt/c1-57(2,3)49-33-48(53-35-47(43-20-12-6-13-21-43)36-54(59-53)52-29-28-45(37-55(52)61)42-18-10-5-11-19-42)34-51(39-49)60(50-22-14-7-15-23-50)56-38-46(30-31-58-56)44-26-24-41(25-27-44)32-40-16-8-4-9-17-40;/h4-31,33,35-39,61H,32H2,1-3H3;/q-1;. The van der Waals surface area contributed by atoms with E-state index in [4.69, 9.17) is 9.97 Å². The van der Waals surface area contributed by atoms with Crippen LogP contribution in [0, 0.1) is 6.07 Å². The molecule has 0 saturated carbocycles. The molecule has 2 aromatic heterocycles. The Balaban J connectivity index is 0.00000529. The molecule has 0 fully saturated rings. The second-order valence-corrected chi connectivity index (χ2v) is 16.4. The number of hydrogen-bond donors (Lipinski definition) is 1. The van der Waals surface area contributed by atoms with E-state index in [1.807, 2.05) is 79.0 Å². The van der Waals surface area contributed by atoms with Crippen LogP contribution in [-0.4, -0.2) is 15.1 Å². The van der Waals surface area contributed by atoms with E-state index in [1.165, 1.54) is 11.1 Å². The summed E-state index contributed by atoms with van der Waals surface area (Å²) in [7, 11) is 0. The van der Waals surface area contributed by atoms with Crippen molar-refractivity contribution in [3.8, 4) is 61.6 Å². The number of pyridine rings is 2. The van der Waals surface area contributed by atoms with Crippen LogP contribution >= 0.6 is 0 Å². The smallest absolute Gasteiger partial charge is 0.136 e. The van der Waals surface area contributed by atoms with Crippen LogP contribution in [-0.2, 0) is 32.9 Å². The van der Waals surface area contributed by atoms with Gasteiger partial charge in [-0.3, -0.25) is 4.98 Å². The Bertz CT molecular complexity index is 2910. The summed E-state index contributed by atoms with van der Waals surface area (Å²) < 4.78 is 0. The van der Waals surface area contributed by atoms with Crippen LogP contribution < -0.4 is 4.90 Å². The molecule has 0 saturated heterocycles. The van der Waals surface area contributed by atoms with Crippen molar-refractivity contribution in [2.24, 2.45) is 0 Å². The molecule has 0 bridgehead atoms. The van der Waals surface area contributed by atoms with E-state index in [0.717, 1.165) is 73.8 Å². The summed E-state index contributed by atoms with van der Waals surface area (Å²) in [6.07, 6.45) is 2.78. The normalized spacial score (nSPS) is 11.1. The molecule has 0 atom stereocenters. The van der Waals surface area contributed by atoms with Crippen molar-refractivity contribution < 1.29 is 26.2 Å². The Kier molecular flexibility index (Phi) is 12.4. The first-order valence-electron chi connectivity index (χ1n) is 20.7. The number of phenols is 1. The molecule has 306 valence electrons. The van der Waals surface area contributed by atoms with Gasteiger partial charge in [0.05, 0.1) is 5.69 Å². The predicted molar refractivity (Wildman–Crippen MR) is 252 cm³/mol. The molecule has 0 aliphatic heterocycles. The second-order valence-electron chi connectivity index (χ2n) is 16.4. The number of aromatic hydroxyl groups is 1. The van der Waals surface area contributed by atoms with Gasteiger partial charge in [-0.2, -0.15) is 0 Å². The Morgan fingerprint density at radius 2 is 1.06 bits per heavy atom. The van der Waals surface area contributed by atoms with Crippen molar-refractivity contribution in [2.75, 3.05) is 4.90 Å². The maximum absolute atomic E-state index is 11.6. The molecule has 2 heterocycles. The first-order chi connectivity index (χ1) is 29.7. The molecule has 62 heavy (non-hydrogen) atoms. The number of anilines is 3. The minimum atomic E-state index is -0.205. The average molecular weight is 984 g/mol. The molecule has 1 N–H and O–H groups in total. The SMILES string of the molecule is CC(C)(C)c1cc(-c2cc(-c3ccccc3)cc(-c3ccc(-c4ccccc4)cc3O)n2)[c-]c(N(c2ccccc2)c2cc(-c3ccc(Cc4ccccc4)cc3)ccn2)c1.[Pt]. The van der Waals surface area contributed by atoms with Crippen molar-refractivity contribution in [1.29, 1.82) is 0 Å². The number of benzene rings is 7. The summed E-state index contributed by atoms with van der Waals surface area (Å²) in [6.45, 7) is 6.69. The minimum Gasteiger partial charge on any atom is -0.507 e. The van der Waals surface area contributed by atoms with E-state index in [0.29, 0.717) is 11.3 Å². The molecule has 7 aromatic carbocycles. The summed E-state index contributed by atoms with van der Waals surface area (Å²) >= 11 is 0. The molecule has 0 amide bonds. The molecular formula is C57H46N3OPt-. The summed E-state index contributed by atoms with van der Waals surface area (Å²) in [4.78, 5) is 12.5. The van der Waals surface area contributed by atoms with E-state index >= 15 is 0 Å².